The third-order valence-corrected chi connectivity index (χ3v) is 7.68. The number of nitrogens with zero attached hydrogens (tertiary/aromatic N) is 6. The van der Waals surface area contributed by atoms with Crippen LogP contribution >= 0.6 is 0 Å². The van der Waals surface area contributed by atoms with Gasteiger partial charge in [-0.2, -0.15) is 5.10 Å². The van der Waals surface area contributed by atoms with Crippen molar-refractivity contribution in [1.29, 1.82) is 0 Å². The van der Waals surface area contributed by atoms with E-state index in [2.05, 4.69) is 43.6 Å². The zero-order chi connectivity index (χ0) is 24.2. The Hall–Kier alpha value is -3.82. The number of aromatic nitrogens is 4. The van der Waals surface area contributed by atoms with Gasteiger partial charge in [0.25, 0.3) is 0 Å². The van der Waals surface area contributed by atoms with Gasteiger partial charge in [0, 0.05) is 62.2 Å². The molecule has 1 amide bonds. The zero-order valence-corrected chi connectivity index (χ0v) is 20.5. The van der Waals surface area contributed by atoms with Crippen LogP contribution in [0.25, 0.3) is 0 Å². The van der Waals surface area contributed by atoms with E-state index in [1.807, 2.05) is 28.0 Å². The molecule has 6 heterocycles. The number of fused-ring (bicyclic) bond motifs is 3. The molecule has 0 unspecified atom stereocenters. The molecule has 1 fully saturated rings. The highest BCUT2D eigenvalue weighted by atomic mass is 16.5. The Bertz CT molecular complexity index is 1350. The van der Waals surface area contributed by atoms with Crippen molar-refractivity contribution in [3.63, 3.8) is 0 Å². The van der Waals surface area contributed by atoms with Gasteiger partial charge < -0.3 is 25.2 Å². The van der Waals surface area contributed by atoms with Crippen molar-refractivity contribution in [3.8, 4) is 5.88 Å². The number of pyridine rings is 2. The molecule has 4 aliphatic rings. The molecule has 0 bridgehead atoms. The van der Waals surface area contributed by atoms with Crippen molar-refractivity contribution in [2.24, 2.45) is 0 Å². The van der Waals surface area contributed by atoms with Gasteiger partial charge in [0.2, 0.25) is 11.8 Å². The fourth-order valence-electron chi connectivity index (χ4n) is 5.58. The Morgan fingerprint density at radius 3 is 2.86 bits per heavy atom. The summed E-state index contributed by atoms with van der Waals surface area (Å²) in [5.41, 5.74) is 6.91. The number of ether oxygens (including phenoxy) is 1. The molecule has 3 aliphatic heterocycles. The van der Waals surface area contributed by atoms with E-state index in [9.17, 15) is 4.79 Å². The molecule has 7 rings (SSSR count). The van der Waals surface area contributed by atoms with Crippen LogP contribution in [-0.2, 0) is 30.7 Å². The smallest absolute Gasteiger partial charge is 0.244 e. The molecular formula is C26H30N8O2. The maximum absolute atomic E-state index is 12.6. The molecule has 36 heavy (non-hydrogen) atoms. The third-order valence-electron chi connectivity index (χ3n) is 7.68. The number of anilines is 4. The highest BCUT2D eigenvalue weighted by Gasteiger charge is 2.34. The lowest BCUT2D eigenvalue weighted by Gasteiger charge is -2.33. The lowest BCUT2D eigenvalue weighted by atomic mass is 10.0. The molecule has 186 valence electrons. The fourth-order valence-corrected chi connectivity index (χ4v) is 5.58. The summed E-state index contributed by atoms with van der Waals surface area (Å²) in [6.45, 7) is 6.38. The summed E-state index contributed by atoms with van der Waals surface area (Å²) in [5.74, 6) is 2.37. The molecule has 10 heteroatoms. The largest absolute Gasteiger partial charge is 0.474 e. The lowest BCUT2D eigenvalue weighted by molar-refractivity contribution is -0.132. The van der Waals surface area contributed by atoms with Crippen LogP contribution in [0.2, 0.25) is 0 Å². The van der Waals surface area contributed by atoms with E-state index in [0.717, 1.165) is 80.6 Å². The standard InChI is InChI=1S/C26H30N8O2/c1-16-21(13-29-26-25(16)27-6-9-36-26)32-7-4-17-12-28-22(10-18(17)14-32)30-23-11-20-5-8-33(19-2-3-19)24(35)15-34(20)31-23/h10-13,19,27H,2-9,14-15H2,1H3,(H,28,30,31). The molecule has 0 radical (unpaired) electrons. The summed E-state index contributed by atoms with van der Waals surface area (Å²) < 4.78 is 7.54. The normalized spacial score (nSPS) is 19.0. The summed E-state index contributed by atoms with van der Waals surface area (Å²) in [6, 6.07) is 4.62. The second kappa shape index (κ2) is 8.39. The van der Waals surface area contributed by atoms with Crippen molar-refractivity contribution < 1.29 is 9.53 Å². The van der Waals surface area contributed by atoms with Gasteiger partial charge in [-0.15, -0.1) is 0 Å². The Labute approximate surface area is 209 Å². The molecule has 10 nitrogen and oxygen atoms in total. The lowest BCUT2D eigenvalue weighted by Crippen LogP contribution is -2.35. The van der Waals surface area contributed by atoms with Gasteiger partial charge in [-0.05, 0) is 43.4 Å². The van der Waals surface area contributed by atoms with Crippen molar-refractivity contribution in [1.82, 2.24) is 24.6 Å². The van der Waals surface area contributed by atoms with Crippen molar-refractivity contribution >= 4 is 28.9 Å². The van der Waals surface area contributed by atoms with Crippen molar-refractivity contribution in [3.05, 3.63) is 46.9 Å². The quantitative estimate of drug-likeness (QED) is 0.581. The summed E-state index contributed by atoms with van der Waals surface area (Å²) in [7, 11) is 0. The topological polar surface area (TPSA) is 100 Å². The first-order valence-corrected chi connectivity index (χ1v) is 12.8. The minimum Gasteiger partial charge on any atom is -0.474 e. The number of hydrogen-bond acceptors (Lipinski definition) is 8. The van der Waals surface area contributed by atoms with Crippen LogP contribution in [0.15, 0.2) is 24.5 Å². The minimum atomic E-state index is 0.173. The summed E-state index contributed by atoms with van der Waals surface area (Å²) >= 11 is 0. The predicted octanol–water partition coefficient (Wildman–Crippen LogP) is 2.64. The first-order chi connectivity index (χ1) is 17.6. The Morgan fingerprint density at radius 1 is 1.06 bits per heavy atom. The zero-order valence-electron chi connectivity index (χ0n) is 20.5. The summed E-state index contributed by atoms with van der Waals surface area (Å²) in [4.78, 5) is 26.3. The molecule has 0 aromatic carbocycles. The number of carbonyl (C=O) groups excluding carboxylic acids is 1. The van der Waals surface area contributed by atoms with E-state index in [1.165, 1.54) is 16.7 Å². The first kappa shape index (κ1) is 21.5. The van der Waals surface area contributed by atoms with Crippen molar-refractivity contribution in [2.75, 3.05) is 41.8 Å². The second-order valence-electron chi connectivity index (χ2n) is 10.1. The first-order valence-electron chi connectivity index (χ1n) is 12.8. The van der Waals surface area contributed by atoms with Crippen molar-refractivity contribution in [2.45, 2.75) is 51.7 Å². The second-order valence-corrected chi connectivity index (χ2v) is 10.1. The number of amides is 1. The molecular weight excluding hydrogens is 456 g/mol. The molecule has 3 aromatic heterocycles. The minimum absolute atomic E-state index is 0.173. The van der Waals surface area contributed by atoms with Gasteiger partial charge in [0.1, 0.15) is 24.7 Å². The van der Waals surface area contributed by atoms with E-state index in [-0.39, 0.29) is 5.91 Å². The van der Waals surface area contributed by atoms with Crippen LogP contribution in [0.1, 0.15) is 35.2 Å². The van der Waals surface area contributed by atoms with Gasteiger partial charge in [-0.3, -0.25) is 9.48 Å². The van der Waals surface area contributed by atoms with E-state index in [0.29, 0.717) is 25.1 Å². The molecule has 1 aliphatic carbocycles. The third kappa shape index (κ3) is 3.81. The molecule has 2 N–H and O–H groups in total. The van der Waals surface area contributed by atoms with E-state index >= 15 is 0 Å². The molecule has 3 aromatic rings. The average Bonchev–Trinajstić information content (AvgIpc) is 3.68. The summed E-state index contributed by atoms with van der Waals surface area (Å²) in [6.07, 6.45) is 7.93. The Morgan fingerprint density at radius 2 is 1.97 bits per heavy atom. The van der Waals surface area contributed by atoms with Gasteiger partial charge in [-0.1, -0.05) is 0 Å². The average molecular weight is 487 g/mol. The van der Waals surface area contributed by atoms with Gasteiger partial charge in [0.15, 0.2) is 5.82 Å². The van der Waals surface area contributed by atoms with Gasteiger partial charge >= 0.3 is 0 Å². The summed E-state index contributed by atoms with van der Waals surface area (Å²) in [5, 5.41) is 11.5. The predicted molar refractivity (Wildman–Crippen MR) is 136 cm³/mol. The maximum Gasteiger partial charge on any atom is 0.244 e. The molecule has 0 atom stereocenters. The molecule has 1 saturated carbocycles. The Balaban J connectivity index is 1.09. The maximum atomic E-state index is 12.6. The van der Waals surface area contributed by atoms with Crippen LogP contribution in [0, 0.1) is 6.92 Å². The number of hydrogen-bond donors (Lipinski definition) is 2. The van der Waals surface area contributed by atoms with E-state index < -0.39 is 0 Å². The molecule has 0 saturated heterocycles. The van der Waals surface area contributed by atoms with Crippen LogP contribution in [0.5, 0.6) is 5.88 Å². The molecule has 0 spiro atoms. The number of carbonyl (C=O) groups is 1. The van der Waals surface area contributed by atoms with E-state index in [1.54, 1.807) is 0 Å². The Kier molecular flexibility index (Phi) is 5.00. The SMILES string of the molecule is Cc1c(N2CCc3cnc(Nc4cc5n(n4)CC(=O)N(C4CC4)CC5)cc3C2)cnc2c1NCCO2. The highest BCUT2D eigenvalue weighted by Crippen LogP contribution is 2.36. The van der Waals surface area contributed by atoms with Crippen LogP contribution in [-0.4, -0.2) is 62.8 Å². The fraction of sp³-hybridized carbons (Fsp3) is 0.462. The number of nitrogens with one attached hydrogen (secondary N) is 2. The monoisotopic (exact) mass is 486 g/mol. The van der Waals surface area contributed by atoms with Crippen LogP contribution < -0.4 is 20.3 Å². The van der Waals surface area contributed by atoms with Gasteiger partial charge in [-0.25, -0.2) is 9.97 Å². The van der Waals surface area contributed by atoms with Crippen LogP contribution in [0.4, 0.5) is 23.0 Å². The highest BCUT2D eigenvalue weighted by molar-refractivity contribution is 5.77. The number of rotatable bonds is 4. The van der Waals surface area contributed by atoms with Gasteiger partial charge in [0.05, 0.1) is 11.9 Å². The van der Waals surface area contributed by atoms with Crippen LogP contribution in [0.3, 0.4) is 0 Å². The van der Waals surface area contributed by atoms with E-state index in [4.69, 9.17) is 4.74 Å².